The Balaban J connectivity index is 1.63. The van der Waals surface area contributed by atoms with Gasteiger partial charge in [-0.15, -0.1) is 0 Å². The number of fused-ring (bicyclic) bond motifs is 1. The smallest absolute Gasteiger partial charge is 0.413 e. The standard InChI is InChI=1S/C27H34N2O8S/c1-27(2,32)23-22(36-15-17-8-12-19(34-5)13-9-17)21(35-14-16-6-10-18(33-4)11-7-16)20-24(37-23)38-25(28-20)29(3)26(30)31/h6-13,20-24,32H,14-15H2,1-5H3,(H,30,31)/t20-,21-,22+,23+,24-/m1/s1. The zero-order valence-corrected chi connectivity index (χ0v) is 22.9. The molecule has 2 aliphatic rings. The van der Waals surface area contributed by atoms with Gasteiger partial charge in [-0.2, -0.15) is 0 Å². The van der Waals surface area contributed by atoms with Crippen LogP contribution < -0.4 is 9.47 Å². The second-order valence-corrected chi connectivity index (χ2v) is 10.8. The third kappa shape index (κ3) is 6.41. The third-order valence-electron chi connectivity index (χ3n) is 6.47. The van der Waals surface area contributed by atoms with Crippen LogP contribution in [-0.4, -0.2) is 83.0 Å². The number of hydrogen-bond acceptors (Lipinski definition) is 9. The predicted octanol–water partition coefficient (Wildman–Crippen LogP) is 3.75. The van der Waals surface area contributed by atoms with E-state index in [0.29, 0.717) is 5.17 Å². The summed E-state index contributed by atoms with van der Waals surface area (Å²) in [6.07, 6.45) is -3.22. The summed E-state index contributed by atoms with van der Waals surface area (Å²) in [6.45, 7) is 3.81. The fraction of sp³-hybridized carbons (Fsp3) is 0.481. The topological polar surface area (TPSA) is 119 Å². The van der Waals surface area contributed by atoms with Crippen LogP contribution in [0.4, 0.5) is 4.79 Å². The Morgan fingerprint density at radius 3 is 1.92 bits per heavy atom. The van der Waals surface area contributed by atoms with E-state index < -0.39 is 41.5 Å². The number of benzene rings is 2. The molecule has 1 saturated heterocycles. The van der Waals surface area contributed by atoms with Gasteiger partial charge < -0.3 is 33.9 Å². The Labute approximate surface area is 226 Å². The van der Waals surface area contributed by atoms with Crippen molar-refractivity contribution in [2.45, 2.75) is 62.5 Å². The van der Waals surface area contributed by atoms with Gasteiger partial charge in [0, 0.05) is 7.05 Å². The number of nitrogens with zero attached hydrogens (tertiary/aromatic N) is 2. The van der Waals surface area contributed by atoms with Gasteiger partial charge in [-0.25, -0.2) is 4.79 Å². The van der Waals surface area contributed by atoms with Gasteiger partial charge in [0.2, 0.25) is 0 Å². The van der Waals surface area contributed by atoms with Crippen LogP contribution in [0.25, 0.3) is 0 Å². The van der Waals surface area contributed by atoms with Gasteiger partial charge in [0.25, 0.3) is 0 Å². The highest BCUT2D eigenvalue weighted by molar-refractivity contribution is 8.14. The number of aliphatic imine (C=N–C) groups is 1. The number of hydrogen-bond donors (Lipinski definition) is 2. The van der Waals surface area contributed by atoms with Crippen molar-refractivity contribution in [2.24, 2.45) is 4.99 Å². The Bertz CT molecular complexity index is 1120. The zero-order chi connectivity index (χ0) is 27.4. The van der Waals surface area contributed by atoms with Crippen molar-refractivity contribution in [3.8, 4) is 11.5 Å². The van der Waals surface area contributed by atoms with E-state index in [2.05, 4.69) is 4.99 Å². The maximum Gasteiger partial charge on any atom is 0.413 e. The molecule has 10 nitrogen and oxygen atoms in total. The van der Waals surface area contributed by atoms with E-state index in [4.69, 9.17) is 23.7 Å². The number of rotatable bonds is 9. The highest BCUT2D eigenvalue weighted by atomic mass is 32.2. The van der Waals surface area contributed by atoms with Crippen LogP contribution in [0, 0.1) is 0 Å². The quantitative estimate of drug-likeness (QED) is 0.485. The first kappa shape index (κ1) is 28.2. The highest BCUT2D eigenvalue weighted by Gasteiger charge is 2.55. The van der Waals surface area contributed by atoms with Gasteiger partial charge in [0.05, 0.1) is 33.0 Å². The van der Waals surface area contributed by atoms with Crippen LogP contribution >= 0.6 is 11.8 Å². The minimum absolute atomic E-state index is 0.239. The molecule has 2 aromatic carbocycles. The van der Waals surface area contributed by atoms with Gasteiger partial charge in [-0.3, -0.25) is 9.89 Å². The van der Waals surface area contributed by atoms with Crippen molar-refractivity contribution in [1.82, 2.24) is 4.90 Å². The number of thioether (sulfide) groups is 1. The average Bonchev–Trinajstić information content (AvgIpc) is 3.34. The normalized spacial score (nSPS) is 24.9. The summed E-state index contributed by atoms with van der Waals surface area (Å²) in [5.41, 5.74) is -0.00357. The summed E-state index contributed by atoms with van der Waals surface area (Å²) in [5, 5.41) is 20.9. The lowest BCUT2D eigenvalue weighted by Gasteiger charge is -2.46. The fourth-order valence-corrected chi connectivity index (χ4v) is 5.49. The number of methoxy groups -OCH3 is 2. The summed E-state index contributed by atoms with van der Waals surface area (Å²) in [6, 6.07) is 14.5. The molecule has 2 aromatic rings. The molecule has 2 aliphatic heterocycles. The molecule has 206 valence electrons. The molecular weight excluding hydrogens is 512 g/mol. The first-order chi connectivity index (χ1) is 18.1. The molecule has 38 heavy (non-hydrogen) atoms. The maximum atomic E-state index is 11.6. The summed E-state index contributed by atoms with van der Waals surface area (Å²) < 4.78 is 29.6. The van der Waals surface area contributed by atoms with Gasteiger partial charge in [0.1, 0.15) is 41.3 Å². The lowest BCUT2D eigenvalue weighted by molar-refractivity contribution is -0.237. The minimum Gasteiger partial charge on any atom is -0.497 e. The fourth-order valence-electron chi connectivity index (χ4n) is 4.34. The second-order valence-electron chi connectivity index (χ2n) is 9.69. The molecule has 11 heteroatoms. The van der Waals surface area contributed by atoms with Gasteiger partial charge in [-0.05, 0) is 49.2 Å². The van der Waals surface area contributed by atoms with Crippen molar-refractivity contribution in [3.05, 3.63) is 59.7 Å². The van der Waals surface area contributed by atoms with Crippen LogP contribution in [0.5, 0.6) is 11.5 Å². The van der Waals surface area contributed by atoms with Gasteiger partial charge in [0.15, 0.2) is 5.17 Å². The van der Waals surface area contributed by atoms with Crippen molar-refractivity contribution in [3.63, 3.8) is 0 Å². The lowest BCUT2D eigenvalue weighted by atomic mass is 9.88. The van der Waals surface area contributed by atoms with E-state index >= 15 is 0 Å². The largest absolute Gasteiger partial charge is 0.497 e. The first-order valence-electron chi connectivity index (χ1n) is 12.2. The Morgan fingerprint density at radius 2 is 1.47 bits per heavy atom. The summed E-state index contributed by atoms with van der Waals surface area (Å²) in [7, 11) is 4.65. The van der Waals surface area contributed by atoms with Crippen molar-refractivity contribution in [2.75, 3.05) is 21.3 Å². The molecule has 0 saturated carbocycles. The summed E-state index contributed by atoms with van der Waals surface area (Å²) in [5.74, 6) is 1.47. The molecule has 2 N–H and O–H groups in total. The van der Waals surface area contributed by atoms with Crippen LogP contribution in [-0.2, 0) is 27.4 Å². The summed E-state index contributed by atoms with van der Waals surface area (Å²) >= 11 is 1.20. The maximum absolute atomic E-state index is 11.6. The van der Waals surface area contributed by atoms with Crippen molar-refractivity contribution >= 4 is 23.0 Å². The summed E-state index contributed by atoms with van der Waals surface area (Å²) in [4.78, 5) is 17.3. The van der Waals surface area contributed by atoms with E-state index in [1.165, 1.54) is 18.8 Å². The van der Waals surface area contributed by atoms with Gasteiger partial charge >= 0.3 is 6.09 Å². The van der Waals surface area contributed by atoms with Crippen molar-refractivity contribution in [1.29, 1.82) is 0 Å². The molecule has 0 aliphatic carbocycles. The predicted molar refractivity (Wildman–Crippen MR) is 143 cm³/mol. The van der Waals surface area contributed by atoms with E-state index in [9.17, 15) is 15.0 Å². The molecule has 1 fully saturated rings. The lowest BCUT2D eigenvalue weighted by Crippen LogP contribution is -2.62. The number of aliphatic hydroxyl groups is 1. The number of amides is 1. The van der Waals surface area contributed by atoms with E-state index in [1.807, 2.05) is 48.5 Å². The Hall–Kier alpha value is -2.83. The molecule has 0 spiro atoms. The van der Waals surface area contributed by atoms with Crippen LogP contribution in [0.2, 0.25) is 0 Å². The zero-order valence-electron chi connectivity index (χ0n) is 22.1. The SMILES string of the molecule is COc1ccc(CO[C@@H]2[C@H]3N=C(N(C)C(=O)O)S[C@H]3O[C@H](C(C)(C)O)[C@H]2OCc2ccc(OC)cc2)cc1. The van der Waals surface area contributed by atoms with Gasteiger partial charge in [-0.1, -0.05) is 36.0 Å². The van der Waals surface area contributed by atoms with Crippen LogP contribution in [0.15, 0.2) is 53.5 Å². The molecular formula is C27H34N2O8S. The van der Waals surface area contributed by atoms with Crippen LogP contribution in [0.3, 0.4) is 0 Å². The van der Waals surface area contributed by atoms with E-state index in [-0.39, 0.29) is 13.2 Å². The Kier molecular flexibility index (Phi) is 8.84. The molecule has 4 rings (SSSR count). The monoisotopic (exact) mass is 546 g/mol. The molecule has 1 amide bonds. The number of carbonyl (C=O) groups is 1. The first-order valence-corrected chi connectivity index (χ1v) is 13.1. The number of carboxylic acid groups (broad SMARTS) is 1. The molecule has 0 aromatic heterocycles. The molecule has 5 atom stereocenters. The highest BCUT2D eigenvalue weighted by Crippen LogP contribution is 2.42. The van der Waals surface area contributed by atoms with E-state index in [1.54, 1.807) is 28.1 Å². The molecule has 2 heterocycles. The molecule has 0 unspecified atom stereocenters. The van der Waals surface area contributed by atoms with Crippen molar-refractivity contribution < 1.29 is 38.7 Å². The number of ether oxygens (including phenoxy) is 5. The second kappa shape index (κ2) is 11.9. The van der Waals surface area contributed by atoms with Crippen LogP contribution in [0.1, 0.15) is 25.0 Å². The van der Waals surface area contributed by atoms with E-state index in [0.717, 1.165) is 27.5 Å². The minimum atomic E-state index is -1.28. The average molecular weight is 547 g/mol. The molecule has 0 bridgehead atoms. The number of amidine groups is 1. The Morgan fingerprint density at radius 1 is 0.974 bits per heavy atom. The third-order valence-corrected chi connectivity index (χ3v) is 7.68. The molecule has 0 radical (unpaired) electrons.